The first-order valence-corrected chi connectivity index (χ1v) is 10.8. The molecular formula is C16H16Cl2N6O2S2. The first-order valence-electron chi connectivity index (χ1n) is 8.21. The fourth-order valence-electron chi connectivity index (χ4n) is 2.33. The molecule has 1 amide bonds. The predicted octanol–water partition coefficient (Wildman–Crippen LogP) is 4.33. The van der Waals surface area contributed by atoms with Gasteiger partial charge in [0.1, 0.15) is 11.3 Å². The summed E-state index contributed by atoms with van der Waals surface area (Å²) in [6.45, 7) is 4.46. The highest BCUT2D eigenvalue weighted by molar-refractivity contribution is 7.99. The topological polar surface area (TPSA) is 94.8 Å². The number of hydrogen-bond donors (Lipinski definition) is 1. The van der Waals surface area contributed by atoms with Gasteiger partial charge < -0.3 is 9.30 Å². The molecule has 1 aromatic carbocycles. The van der Waals surface area contributed by atoms with Crippen molar-refractivity contribution in [2.75, 3.05) is 11.1 Å². The van der Waals surface area contributed by atoms with E-state index in [9.17, 15) is 4.79 Å². The number of nitrogens with zero attached hydrogens (tertiary/aromatic N) is 5. The highest BCUT2D eigenvalue weighted by atomic mass is 35.5. The van der Waals surface area contributed by atoms with E-state index in [-0.39, 0.29) is 11.7 Å². The molecule has 2 heterocycles. The van der Waals surface area contributed by atoms with E-state index in [0.717, 1.165) is 0 Å². The lowest BCUT2D eigenvalue weighted by atomic mass is 10.3. The smallest absolute Gasteiger partial charge is 0.236 e. The fraction of sp³-hybridized carbons (Fsp3) is 0.312. The van der Waals surface area contributed by atoms with Crippen LogP contribution in [-0.2, 0) is 11.3 Å². The van der Waals surface area contributed by atoms with Crippen molar-refractivity contribution in [1.82, 2.24) is 25.0 Å². The zero-order valence-corrected chi connectivity index (χ0v) is 18.1. The zero-order valence-electron chi connectivity index (χ0n) is 14.9. The van der Waals surface area contributed by atoms with E-state index in [4.69, 9.17) is 27.9 Å². The number of carbonyl (C=O) groups is 1. The Morgan fingerprint density at radius 2 is 2.18 bits per heavy atom. The number of thioether (sulfide) groups is 1. The number of carbonyl (C=O) groups excluding carboxylic acids is 1. The normalized spacial score (nSPS) is 12.0. The van der Waals surface area contributed by atoms with Crippen molar-refractivity contribution in [2.45, 2.75) is 31.7 Å². The Morgan fingerprint density at radius 3 is 2.86 bits per heavy atom. The summed E-state index contributed by atoms with van der Waals surface area (Å²) in [5.41, 5.74) is 1.55. The SMILES string of the molecule is CCn1c(SCC(=O)Nc2nncs2)nnc1C(C)Oc1ccc(Cl)cc1Cl. The number of hydrogen-bond acceptors (Lipinski definition) is 8. The standard InChI is InChI=1S/C16H16Cl2N6O2S2/c1-3-24-14(9(2)26-12-5-4-10(17)6-11(12)18)21-23-16(24)27-7-13(25)20-15-22-19-8-28-15/h4-6,8-9H,3,7H2,1-2H3,(H,20,22,25). The molecule has 0 saturated carbocycles. The minimum Gasteiger partial charge on any atom is -0.481 e. The van der Waals surface area contributed by atoms with Crippen molar-refractivity contribution in [3.05, 3.63) is 39.6 Å². The lowest BCUT2D eigenvalue weighted by Gasteiger charge is -2.16. The van der Waals surface area contributed by atoms with E-state index in [2.05, 4.69) is 25.7 Å². The summed E-state index contributed by atoms with van der Waals surface area (Å²) in [6, 6.07) is 5.03. The summed E-state index contributed by atoms with van der Waals surface area (Å²) in [4.78, 5) is 12.0. The number of halogens is 2. The summed E-state index contributed by atoms with van der Waals surface area (Å²) in [5.74, 6) is 1.14. The second-order valence-corrected chi connectivity index (χ2v) is 8.12. The van der Waals surface area contributed by atoms with Crippen molar-refractivity contribution in [3.8, 4) is 5.75 Å². The van der Waals surface area contributed by atoms with Gasteiger partial charge in [-0.05, 0) is 32.0 Å². The van der Waals surface area contributed by atoms with Crippen molar-refractivity contribution < 1.29 is 9.53 Å². The first kappa shape index (κ1) is 20.8. The average Bonchev–Trinajstić information content (AvgIpc) is 3.31. The lowest BCUT2D eigenvalue weighted by Crippen LogP contribution is -2.15. The lowest BCUT2D eigenvalue weighted by molar-refractivity contribution is -0.113. The van der Waals surface area contributed by atoms with Gasteiger partial charge in [-0.15, -0.1) is 20.4 Å². The third-order valence-corrected chi connectivity index (χ3v) is 5.67. The molecule has 0 aliphatic heterocycles. The molecule has 3 rings (SSSR count). The maximum atomic E-state index is 12.0. The van der Waals surface area contributed by atoms with Crippen LogP contribution in [0.25, 0.3) is 0 Å². The average molecular weight is 459 g/mol. The van der Waals surface area contributed by atoms with Gasteiger partial charge in [-0.25, -0.2) is 0 Å². The van der Waals surface area contributed by atoms with Crippen LogP contribution in [0.4, 0.5) is 5.13 Å². The quantitative estimate of drug-likeness (QED) is 0.501. The molecule has 1 atom stereocenters. The molecular weight excluding hydrogens is 443 g/mol. The van der Waals surface area contributed by atoms with Gasteiger partial charge in [-0.2, -0.15) is 0 Å². The van der Waals surface area contributed by atoms with Gasteiger partial charge in [-0.1, -0.05) is 46.3 Å². The van der Waals surface area contributed by atoms with Gasteiger partial charge in [0, 0.05) is 11.6 Å². The largest absolute Gasteiger partial charge is 0.481 e. The second kappa shape index (κ2) is 9.55. The van der Waals surface area contributed by atoms with Crippen molar-refractivity contribution >= 4 is 57.3 Å². The molecule has 28 heavy (non-hydrogen) atoms. The summed E-state index contributed by atoms with van der Waals surface area (Å²) in [7, 11) is 0. The third-order valence-electron chi connectivity index (χ3n) is 3.56. The second-order valence-electron chi connectivity index (χ2n) is 5.50. The van der Waals surface area contributed by atoms with Crippen molar-refractivity contribution in [1.29, 1.82) is 0 Å². The predicted molar refractivity (Wildman–Crippen MR) is 110 cm³/mol. The molecule has 0 aliphatic rings. The maximum Gasteiger partial charge on any atom is 0.236 e. The molecule has 8 nitrogen and oxygen atoms in total. The van der Waals surface area contributed by atoms with Crippen LogP contribution in [0, 0.1) is 0 Å². The monoisotopic (exact) mass is 458 g/mol. The Labute approximate surface area is 179 Å². The van der Waals surface area contributed by atoms with Crippen LogP contribution in [0.1, 0.15) is 25.8 Å². The van der Waals surface area contributed by atoms with Gasteiger partial charge in [0.25, 0.3) is 0 Å². The highest BCUT2D eigenvalue weighted by Crippen LogP contribution is 2.31. The number of aromatic nitrogens is 5. The molecule has 3 aromatic rings. The van der Waals surface area contributed by atoms with Crippen LogP contribution < -0.4 is 10.1 Å². The Hall–Kier alpha value is -1.88. The van der Waals surface area contributed by atoms with Crippen LogP contribution in [-0.4, -0.2) is 36.6 Å². The summed E-state index contributed by atoms with van der Waals surface area (Å²) in [5, 5.41) is 20.6. The van der Waals surface area contributed by atoms with Crippen LogP contribution in [0.15, 0.2) is 28.9 Å². The number of amides is 1. The summed E-state index contributed by atoms with van der Waals surface area (Å²) in [6.07, 6.45) is -0.393. The van der Waals surface area contributed by atoms with E-state index >= 15 is 0 Å². The number of anilines is 1. The minimum atomic E-state index is -0.393. The molecule has 0 radical (unpaired) electrons. The van der Waals surface area contributed by atoms with Gasteiger partial charge >= 0.3 is 0 Å². The molecule has 1 unspecified atom stereocenters. The van der Waals surface area contributed by atoms with E-state index in [1.807, 2.05) is 18.4 Å². The van der Waals surface area contributed by atoms with Crippen LogP contribution in [0.3, 0.4) is 0 Å². The summed E-state index contributed by atoms with van der Waals surface area (Å²) >= 11 is 14.6. The molecule has 0 spiro atoms. The Bertz CT molecular complexity index is 951. The van der Waals surface area contributed by atoms with Gasteiger partial charge in [-0.3, -0.25) is 10.1 Å². The number of benzene rings is 1. The molecule has 12 heteroatoms. The van der Waals surface area contributed by atoms with E-state index in [1.54, 1.807) is 23.7 Å². The van der Waals surface area contributed by atoms with Crippen molar-refractivity contribution in [2.24, 2.45) is 0 Å². The minimum absolute atomic E-state index is 0.177. The Morgan fingerprint density at radius 1 is 1.36 bits per heavy atom. The van der Waals surface area contributed by atoms with Crippen LogP contribution in [0.5, 0.6) is 5.75 Å². The number of rotatable bonds is 8. The Balaban J connectivity index is 1.66. The zero-order chi connectivity index (χ0) is 20.1. The molecule has 148 valence electrons. The highest BCUT2D eigenvalue weighted by Gasteiger charge is 2.20. The number of ether oxygens (including phenoxy) is 1. The molecule has 0 bridgehead atoms. The van der Waals surface area contributed by atoms with E-state index in [0.29, 0.717) is 38.5 Å². The van der Waals surface area contributed by atoms with Crippen LogP contribution in [0.2, 0.25) is 10.0 Å². The van der Waals surface area contributed by atoms with Crippen molar-refractivity contribution in [3.63, 3.8) is 0 Å². The van der Waals surface area contributed by atoms with E-state index in [1.165, 1.54) is 23.1 Å². The molecule has 1 N–H and O–H groups in total. The van der Waals surface area contributed by atoms with Gasteiger partial charge in [0.05, 0.1) is 10.8 Å². The first-order chi connectivity index (χ1) is 13.5. The maximum absolute atomic E-state index is 12.0. The van der Waals surface area contributed by atoms with Gasteiger partial charge in [0.2, 0.25) is 11.0 Å². The summed E-state index contributed by atoms with van der Waals surface area (Å²) < 4.78 is 7.82. The molecule has 0 aliphatic carbocycles. The molecule has 2 aromatic heterocycles. The van der Waals surface area contributed by atoms with E-state index < -0.39 is 6.10 Å². The third kappa shape index (κ3) is 5.13. The van der Waals surface area contributed by atoms with Crippen LogP contribution >= 0.6 is 46.3 Å². The number of nitrogens with one attached hydrogen (secondary N) is 1. The molecule has 0 saturated heterocycles. The molecule has 0 fully saturated rings. The fourth-order valence-corrected chi connectivity index (χ4v) is 4.06. The van der Waals surface area contributed by atoms with Gasteiger partial charge in [0.15, 0.2) is 17.1 Å². The Kier molecular flexibility index (Phi) is 7.11.